The number of nitrogens with one attached hydrogen (secondary N) is 1. The predicted octanol–water partition coefficient (Wildman–Crippen LogP) is 3.91. The molecular formula is C19H18N4O4. The van der Waals surface area contributed by atoms with Gasteiger partial charge in [-0.25, -0.2) is 9.48 Å². The van der Waals surface area contributed by atoms with Gasteiger partial charge >= 0.3 is 5.97 Å². The van der Waals surface area contributed by atoms with Crippen LogP contribution in [0.5, 0.6) is 5.75 Å². The van der Waals surface area contributed by atoms with Gasteiger partial charge in [-0.2, -0.15) is 0 Å². The van der Waals surface area contributed by atoms with Gasteiger partial charge in [-0.3, -0.25) is 9.89 Å². The molecule has 0 saturated carbocycles. The molecule has 1 aromatic heterocycles. The van der Waals surface area contributed by atoms with E-state index in [-0.39, 0.29) is 22.7 Å². The Kier molecular flexibility index (Phi) is 4.64. The number of aromatic amines is 1. The Morgan fingerprint density at radius 3 is 2.41 bits per heavy atom. The second-order valence-corrected chi connectivity index (χ2v) is 6.17. The van der Waals surface area contributed by atoms with Gasteiger partial charge in [-0.05, 0) is 56.2 Å². The van der Waals surface area contributed by atoms with Crippen LogP contribution in [0.3, 0.4) is 0 Å². The number of rotatable bonds is 4. The fourth-order valence-electron chi connectivity index (χ4n) is 2.61. The molecule has 138 valence electrons. The van der Waals surface area contributed by atoms with Crippen molar-refractivity contribution in [3.63, 3.8) is 0 Å². The minimum absolute atomic E-state index is 0.0350. The van der Waals surface area contributed by atoms with Gasteiger partial charge in [0, 0.05) is 0 Å². The molecule has 0 aliphatic heterocycles. The molecule has 8 heteroatoms. The summed E-state index contributed by atoms with van der Waals surface area (Å²) in [6, 6.07) is 9.60. The monoisotopic (exact) mass is 366 g/mol. The van der Waals surface area contributed by atoms with Gasteiger partial charge in [-0.1, -0.05) is 12.1 Å². The lowest BCUT2D eigenvalue weighted by Crippen LogP contribution is -2.14. The van der Waals surface area contributed by atoms with Gasteiger partial charge in [0.2, 0.25) is 0 Å². The van der Waals surface area contributed by atoms with Crippen LogP contribution in [0, 0.1) is 20.8 Å². The summed E-state index contributed by atoms with van der Waals surface area (Å²) in [4.78, 5) is 24.0. The Bertz CT molecular complexity index is 1130. The second-order valence-electron chi connectivity index (χ2n) is 6.17. The van der Waals surface area contributed by atoms with Crippen LogP contribution in [0.1, 0.15) is 27.2 Å². The van der Waals surface area contributed by atoms with E-state index in [2.05, 4.69) is 15.3 Å². The van der Waals surface area contributed by atoms with E-state index in [1.165, 1.54) is 22.9 Å². The number of azo groups is 1. The van der Waals surface area contributed by atoms with Crippen molar-refractivity contribution >= 4 is 17.3 Å². The van der Waals surface area contributed by atoms with Crippen LogP contribution >= 0.6 is 0 Å². The van der Waals surface area contributed by atoms with Crippen LogP contribution in [-0.2, 0) is 0 Å². The molecule has 0 fully saturated rings. The van der Waals surface area contributed by atoms with E-state index >= 15 is 0 Å². The van der Waals surface area contributed by atoms with Crippen molar-refractivity contribution in [2.75, 3.05) is 0 Å². The largest absolute Gasteiger partial charge is 0.506 e. The summed E-state index contributed by atoms with van der Waals surface area (Å²) >= 11 is 0. The van der Waals surface area contributed by atoms with Crippen LogP contribution < -0.4 is 5.56 Å². The fraction of sp³-hybridized carbons (Fsp3) is 0.158. The summed E-state index contributed by atoms with van der Waals surface area (Å²) in [7, 11) is 0. The molecule has 3 N–H and O–H groups in total. The van der Waals surface area contributed by atoms with Crippen molar-refractivity contribution in [2.24, 2.45) is 10.2 Å². The van der Waals surface area contributed by atoms with Crippen LogP contribution in [-0.4, -0.2) is 26.0 Å². The number of aromatic carboxylic acids is 1. The van der Waals surface area contributed by atoms with E-state index in [0.29, 0.717) is 11.4 Å². The lowest BCUT2D eigenvalue weighted by Gasteiger charge is -2.05. The highest BCUT2D eigenvalue weighted by molar-refractivity contribution is 5.94. The molecule has 0 radical (unpaired) electrons. The quantitative estimate of drug-likeness (QED) is 0.606. The highest BCUT2D eigenvalue weighted by Gasteiger charge is 2.16. The van der Waals surface area contributed by atoms with Gasteiger partial charge < -0.3 is 10.2 Å². The first-order valence-electron chi connectivity index (χ1n) is 8.16. The summed E-state index contributed by atoms with van der Waals surface area (Å²) in [5, 5.41) is 29.8. The molecule has 8 nitrogen and oxygen atoms in total. The standard InChI is InChI=1S/C19H18N4O4/c1-10-7-8-13(9-11(10)2)23-18(25)16(12(3)22-23)20-21-17-14(19(26)27)5-4-6-15(17)24/h4-9,22,24H,1-3H3,(H,26,27). The molecule has 3 rings (SSSR count). The highest BCUT2D eigenvalue weighted by Crippen LogP contribution is 2.32. The zero-order valence-electron chi connectivity index (χ0n) is 15.0. The van der Waals surface area contributed by atoms with Gasteiger partial charge in [0.05, 0.1) is 16.9 Å². The number of hydrogen-bond donors (Lipinski definition) is 3. The topological polar surface area (TPSA) is 120 Å². The van der Waals surface area contributed by atoms with E-state index in [9.17, 15) is 19.8 Å². The number of benzene rings is 2. The molecule has 0 aliphatic carbocycles. The maximum absolute atomic E-state index is 12.7. The summed E-state index contributed by atoms with van der Waals surface area (Å²) in [5.74, 6) is -1.58. The SMILES string of the molecule is Cc1ccc(-n2[nH]c(C)c(N=Nc3c(O)cccc3C(=O)O)c2=O)cc1C. The predicted molar refractivity (Wildman–Crippen MR) is 99.8 cm³/mol. The van der Waals surface area contributed by atoms with Crippen molar-refractivity contribution in [3.05, 3.63) is 69.1 Å². The van der Waals surface area contributed by atoms with Crippen LogP contribution in [0.15, 0.2) is 51.4 Å². The summed E-state index contributed by atoms with van der Waals surface area (Å²) in [5.41, 5.74) is 2.46. The normalized spacial score (nSPS) is 11.2. The summed E-state index contributed by atoms with van der Waals surface area (Å²) in [6.45, 7) is 5.59. The Morgan fingerprint density at radius 1 is 1.04 bits per heavy atom. The number of nitrogens with zero attached hydrogens (tertiary/aromatic N) is 3. The average molecular weight is 366 g/mol. The van der Waals surface area contributed by atoms with Crippen molar-refractivity contribution < 1.29 is 15.0 Å². The second kappa shape index (κ2) is 6.91. The zero-order valence-corrected chi connectivity index (χ0v) is 15.0. The van der Waals surface area contributed by atoms with E-state index in [4.69, 9.17) is 0 Å². The molecule has 2 aromatic carbocycles. The number of phenols is 1. The van der Waals surface area contributed by atoms with Crippen LogP contribution in [0.4, 0.5) is 11.4 Å². The third-order valence-corrected chi connectivity index (χ3v) is 4.28. The molecule has 1 heterocycles. The molecule has 0 spiro atoms. The minimum atomic E-state index is -1.25. The highest BCUT2D eigenvalue weighted by atomic mass is 16.4. The number of H-pyrrole nitrogens is 1. The molecule has 0 atom stereocenters. The number of hydrogen-bond acceptors (Lipinski definition) is 5. The third kappa shape index (κ3) is 3.37. The average Bonchev–Trinajstić information content (AvgIpc) is 2.90. The first-order valence-corrected chi connectivity index (χ1v) is 8.16. The molecule has 0 bridgehead atoms. The van der Waals surface area contributed by atoms with Gasteiger partial charge in [0.1, 0.15) is 11.4 Å². The van der Waals surface area contributed by atoms with Crippen LogP contribution in [0.2, 0.25) is 0 Å². The Balaban J connectivity index is 2.07. The number of carbonyl (C=O) groups is 1. The molecule has 27 heavy (non-hydrogen) atoms. The van der Waals surface area contributed by atoms with Crippen molar-refractivity contribution in [1.82, 2.24) is 9.78 Å². The zero-order chi connectivity index (χ0) is 19.7. The molecule has 3 aromatic rings. The number of carboxylic acids is 1. The molecule has 0 amide bonds. The maximum atomic E-state index is 12.7. The maximum Gasteiger partial charge on any atom is 0.338 e. The van der Waals surface area contributed by atoms with Gasteiger partial charge in [-0.15, -0.1) is 10.2 Å². The smallest absolute Gasteiger partial charge is 0.338 e. The van der Waals surface area contributed by atoms with E-state index in [0.717, 1.165) is 11.1 Å². The molecule has 0 unspecified atom stereocenters. The number of aromatic nitrogens is 2. The lowest BCUT2D eigenvalue weighted by atomic mass is 10.1. The number of carboxylic acid groups (broad SMARTS) is 1. The summed E-state index contributed by atoms with van der Waals surface area (Å²) in [6.07, 6.45) is 0. The fourth-order valence-corrected chi connectivity index (χ4v) is 2.61. The summed E-state index contributed by atoms with van der Waals surface area (Å²) < 4.78 is 1.35. The first kappa shape index (κ1) is 18.1. The molecular weight excluding hydrogens is 348 g/mol. The van der Waals surface area contributed by atoms with E-state index < -0.39 is 11.5 Å². The Morgan fingerprint density at radius 2 is 1.74 bits per heavy atom. The van der Waals surface area contributed by atoms with Gasteiger partial charge in [0.25, 0.3) is 5.56 Å². The first-order chi connectivity index (χ1) is 12.8. The van der Waals surface area contributed by atoms with E-state index in [1.54, 1.807) is 6.92 Å². The Hall–Kier alpha value is -3.68. The van der Waals surface area contributed by atoms with Crippen molar-refractivity contribution in [1.29, 1.82) is 0 Å². The number of aromatic hydroxyl groups is 1. The number of aryl methyl sites for hydroxylation is 3. The molecule has 0 saturated heterocycles. The minimum Gasteiger partial charge on any atom is -0.506 e. The number of phenolic OH excluding ortho intramolecular Hbond substituents is 1. The van der Waals surface area contributed by atoms with Crippen molar-refractivity contribution in [3.8, 4) is 11.4 Å². The Labute approximate surface area is 154 Å². The third-order valence-electron chi connectivity index (χ3n) is 4.28. The molecule has 0 aliphatic rings. The van der Waals surface area contributed by atoms with Gasteiger partial charge in [0.15, 0.2) is 5.69 Å². The lowest BCUT2D eigenvalue weighted by molar-refractivity contribution is 0.0697. The van der Waals surface area contributed by atoms with Crippen molar-refractivity contribution in [2.45, 2.75) is 20.8 Å². The van der Waals surface area contributed by atoms with Crippen LogP contribution in [0.25, 0.3) is 5.69 Å². The van der Waals surface area contributed by atoms with E-state index in [1.807, 2.05) is 32.0 Å².